The third-order valence-electron chi connectivity index (χ3n) is 7.10. The maximum absolute atomic E-state index is 14.2. The Bertz CT molecular complexity index is 994. The number of rotatable bonds is 4. The van der Waals surface area contributed by atoms with Crippen molar-refractivity contribution in [3.63, 3.8) is 0 Å². The SMILES string of the molecule is CCc1ccc(Oc2ccc(Cl)cc2F)cc1C1=C(O)C2C(OC1)[C@H]1CC[C@@H]2CC1. The summed E-state index contributed by atoms with van der Waals surface area (Å²) in [5.41, 5.74) is 2.90. The molecule has 2 unspecified atom stereocenters. The van der Waals surface area contributed by atoms with Gasteiger partial charge in [0, 0.05) is 16.5 Å². The van der Waals surface area contributed by atoms with Crippen LogP contribution in [0.25, 0.3) is 5.57 Å². The Hall–Kier alpha value is -2.04. The number of aliphatic hydroxyl groups excluding tert-OH is 1. The Morgan fingerprint density at radius 1 is 1.10 bits per heavy atom. The van der Waals surface area contributed by atoms with Crippen molar-refractivity contribution in [1.29, 1.82) is 0 Å². The first-order chi connectivity index (χ1) is 14.5. The van der Waals surface area contributed by atoms with Crippen LogP contribution in [0, 0.1) is 23.6 Å². The van der Waals surface area contributed by atoms with E-state index in [0.29, 0.717) is 35.0 Å². The van der Waals surface area contributed by atoms with E-state index in [1.165, 1.54) is 37.8 Å². The Morgan fingerprint density at radius 3 is 2.60 bits per heavy atom. The van der Waals surface area contributed by atoms with E-state index in [1.807, 2.05) is 18.2 Å². The van der Waals surface area contributed by atoms with Gasteiger partial charge in [-0.1, -0.05) is 24.6 Å². The number of hydrogen-bond acceptors (Lipinski definition) is 3. The van der Waals surface area contributed by atoms with Gasteiger partial charge in [-0.05, 0) is 85.4 Å². The van der Waals surface area contributed by atoms with Crippen molar-refractivity contribution < 1.29 is 19.0 Å². The van der Waals surface area contributed by atoms with Crippen molar-refractivity contribution in [3.05, 3.63) is 64.1 Å². The second-order valence-corrected chi connectivity index (χ2v) is 9.13. The second-order valence-electron chi connectivity index (χ2n) is 8.69. The first-order valence-corrected chi connectivity index (χ1v) is 11.2. The van der Waals surface area contributed by atoms with Crippen LogP contribution in [0.4, 0.5) is 4.39 Å². The summed E-state index contributed by atoms with van der Waals surface area (Å²) >= 11 is 5.84. The number of ether oxygens (including phenoxy) is 2. The quantitative estimate of drug-likeness (QED) is 0.573. The van der Waals surface area contributed by atoms with E-state index in [9.17, 15) is 9.50 Å². The van der Waals surface area contributed by atoms with Crippen LogP contribution in [0.1, 0.15) is 43.7 Å². The van der Waals surface area contributed by atoms with Gasteiger partial charge in [0.25, 0.3) is 0 Å². The normalized spacial score (nSPS) is 27.8. The van der Waals surface area contributed by atoms with Crippen molar-refractivity contribution >= 4 is 17.2 Å². The van der Waals surface area contributed by atoms with Gasteiger partial charge in [0.2, 0.25) is 0 Å². The lowest BCUT2D eigenvalue weighted by Gasteiger charge is -2.50. The van der Waals surface area contributed by atoms with Crippen LogP contribution in [0.3, 0.4) is 0 Å². The number of aliphatic hydroxyl groups is 1. The van der Waals surface area contributed by atoms with Gasteiger partial charge in [-0.2, -0.15) is 0 Å². The van der Waals surface area contributed by atoms with E-state index in [2.05, 4.69) is 6.92 Å². The summed E-state index contributed by atoms with van der Waals surface area (Å²) in [6.45, 7) is 2.49. The summed E-state index contributed by atoms with van der Waals surface area (Å²) in [4.78, 5) is 0. The number of halogens is 2. The molecule has 1 N–H and O–H groups in total. The standard InChI is InChI=1S/C25H26ClFO3/c1-2-14-7-9-18(30-22-10-8-17(26)11-21(22)27)12-19(14)20-13-29-25-16-5-3-15(4-6-16)23(25)24(20)28/h7-12,15-16,23,25,28H,2-6,13H2,1H3/t15-,16+,23?,25?. The maximum Gasteiger partial charge on any atom is 0.167 e. The molecule has 2 bridgehead atoms. The van der Waals surface area contributed by atoms with E-state index in [-0.39, 0.29) is 17.8 Å². The van der Waals surface area contributed by atoms with Crippen molar-refractivity contribution in [3.8, 4) is 11.5 Å². The summed E-state index contributed by atoms with van der Waals surface area (Å²) in [5, 5.41) is 11.6. The van der Waals surface area contributed by atoms with E-state index in [0.717, 1.165) is 23.1 Å². The number of benzene rings is 2. The molecule has 2 atom stereocenters. The summed E-state index contributed by atoms with van der Waals surface area (Å²) in [6, 6.07) is 10.1. The molecular weight excluding hydrogens is 403 g/mol. The molecule has 0 aromatic heterocycles. The van der Waals surface area contributed by atoms with Crippen LogP contribution in [0.15, 0.2) is 42.2 Å². The van der Waals surface area contributed by atoms with Crippen LogP contribution in [0.5, 0.6) is 11.5 Å². The smallest absolute Gasteiger partial charge is 0.167 e. The molecule has 0 saturated heterocycles. The minimum absolute atomic E-state index is 0.101. The molecule has 4 aliphatic rings. The zero-order chi connectivity index (χ0) is 20.8. The monoisotopic (exact) mass is 428 g/mol. The van der Waals surface area contributed by atoms with Crippen molar-refractivity contribution in [2.45, 2.75) is 45.1 Å². The topological polar surface area (TPSA) is 38.7 Å². The lowest BCUT2D eigenvalue weighted by molar-refractivity contribution is -0.0972. The molecule has 0 amide bonds. The highest BCUT2D eigenvalue weighted by atomic mass is 35.5. The number of fused-ring (bicyclic) bond motifs is 2. The van der Waals surface area contributed by atoms with Gasteiger partial charge in [-0.25, -0.2) is 4.39 Å². The summed E-state index contributed by atoms with van der Waals surface area (Å²) in [6.07, 6.45) is 5.74. The largest absolute Gasteiger partial charge is 0.512 e. The molecule has 0 radical (unpaired) electrons. The van der Waals surface area contributed by atoms with Crippen molar-refractivity contribution in [2.24, 2.45) is 17.8 Å². The summed E-state index contributed by atoms with van der Waals surface area (Å²) in [5.74, 6) is 1.80. The van der Waals surface area contributed by atoms with E-state index >= 15 is 0 Å². The van der Waals surface area contributed by atoms with Gasteiger partial charge >= 0.3 is 0 Å². The highest BCUT2D eigenvalue weighted by molar-refractivity contribution is 6.30. The third kappa shape index (κ3) is 3.40. The molecular formula is C25H26ClFO3. The first-order valence-electron chi connectivity index (χ1n) is 10.8. The summed E-state index contributed by atoms with van der Waals surface area (Å²) < 4.78 is 26.3. The first kappa shape index (κ1) is 19.9. The van der Waals surface area contributed by atoms with Gasteiger partial charge in [-0.15, -0.1) is 0 Å². The summed E-state index contributed by atoms with van der Waals surface area (Å²) in [7, 11) is 0. The molecule has 3 nitrogen and oxygen atoms in total. The van der Waals surface area contributed by atoms with Gasteiger partial charge < -0.3 is 14.6 Å². The molecule has 6 rings (SSSR count). The van der Waals surface area contributed by atoms with Crippen LogP contribution in [0.2, 0.25) is 5.02 Å². The molecule has 30 heavy (non-hydrogen) atoms. The number of hydrogen-bond donors (Lipinski definition) is 1. The molecule has 3 fully saturated rings. The fraction of sp³-hybridized carbons (Fsp3) is 0.440. The fourth-order valence-corrected chi connectivity index (χ4v) is 5.74. The van der Waals surface area contributed by atoms with E-state index in [1.54, 1.807) is 6.07 Å². The van der Waals surface area contributed by atoms with Gasteiger partial charge in [0.15, 0.2) is 11.6 Å². The van der Waals surface area contributed by atoms with Gasteiger partial charge in [0.1, 0.15) is 11.5 Å². The average molecular weight is 429 g/mol. The van der Waals surface area contributed by atoms with Crippen LogP contribution in [-0.4, -0.2) is 17.8 Å². The zero-order valence-corrected chi connectivity index (χ0v) is 17.8. The molecule has 3 saturated carbocycles. The Morgan fingerprint density at radius 2 is 1.87 bits per heavy atom. The highest BCUT2D eigenvalue weighted by Crippen LogP contribution is 2.52. The van der Waals surface area contributed by atoms with Crippen molar-refractivity contribution in [1.82, 2.24) is 0 Å². The average Bonchev–Trinajstić information content (AvgIpc) is 2.77. The van der Waals surface area contributed by atoms with Crippen molar-refractivity contribution in [2.75, 3.05) is 6.61 Å². The van der Waals surface area contributed by atoms with Gasteiger partial charge in [-0.3, -0.25) is 0 Å². The molecule has 2 aromatic rings. The van der Waals surface area contributed by atoms with Gasteiger partial charge in [0.05, 0.1) is 12.7 Å². The molecule has 5 heteroatoms. The Labute approximate surface area is 181 Å². The number of aryl methyl sites for hydroxylation is 1. The molecule has 2 aromatic carbocycles. The molecule has 3 aliphatic carbocycles. The van der Waals surface area contributed by atoms with E-state index < -0.39 is 5.82 Å². The zero-order valence-electron chi connectivity index (χ0n) is 17.0. The fourth-order valence-electron chi connectivity index (χ4n) is 5.58. The Balaban J connectivity index is 1.51. The predicted octanol–water partition coefficient (Wildman–Crippen LogP) is 6.94. The molecule has 1 aliphatic heterocycles. The molecule has 0 spiro atoms. The van der Waals surface area contributed by atoms with Crippen LogP contribution >= 0.6 is 11.6 Å². The lowest BCUT2D eigenvalue weighted by Crippen LogP contribution is -2.48. The minimum atomic E-state index is -0.507. The van der Waals surface area contributed by atoms with E-state index in [4.69, 9.17) is 21.1 Å². The predicted molar refractivity (Wildman–Crippen MR) is 116 cm³/mol. The van der Waals surface area contributed by atoms with Crippen LogP contribution in [-0.2, 0) is 11.2 Å². The third-order valence-corrected chi connectivity index (χ3v) is 7.33. The second kappa shape index (κ2) is 7.90. The van der Waals surface area contributed by atoms with Crippen LogP contribution < -0.4 is 4.74 Å². The minimum Gasteiger partial charge on any atom is -0.512 e. The lowest BCUT2D eigenvalue weighted by atomic mass is 9.61. The highest BCUT2D eigenvalue weighted by Gasteiger charge is 2.48. The Kier molecular flexibility index (Phi) is 5.24. The molecule has 158 valence electrons. The maximum atomic E-state index is 14.2. The molecule has 1 heterocycles.